The minimum Gasteiger partial charge on any atom is -0.354 e. The van der Waals surface area contributed by atoms with E-state index in [1.807, 2.05) is 37.3 Å². The van der Waals surface area contributed by atoms with Crippen molar-refractivity contribution in [2.24, 2.45) is 0 Å². The van der Waals surface area contributed by atoms with Crippen molar-refractivity contribution in [3.8, 4) is 0 Å². The predicted octanol–water partition coefficient (Wildman–Crippen LogP) is 4.24. The molecule has 2 amide bonds. The summed E-state index contributed by atoms with van der Waals surface area (Å²) in [5, 5.41) is 5.36. The Labute approximate surface area is 174 Å². The van der Waals surface area contributed by atoms with Crippen molar-refractivity contribution < 1.29 is 14.0 Å². The van der Waals surface area contributed by atoms with Gasteiger partial charge in [-0.2, -0.15) is 11.8 Å². The number of nitrogens with one attached hydrogen (secondary N) is 2. The van der Waals surface area contributed by atoms with Crippen LogP contribution in [0.25, 0.3) is 0 Å². The molecule has 2 aromatic rings. The molecule has 0 aromatic heterocycles. The Bertz CT molecular complexity index is 784. The third kappa shape index (κ3) is 7.94. The molecule has 0 saturated carbocycles. The first-order valence-corrected chi connectivity index (χ1v) is 11.2. The van der Waals surface area contributed by atoms with Gasteiger partial charge in [0.1, 0.15) is 5.82 Å². The molecule has 2 aromatic carbocycles. The van der Waals surface area contributed by atoms with E-state index in [0.717, 1.165) is 11.3 Å². The molecule has 0 heterocycles. The molecule has 1 atom stereocenters. The molecular formula is C21H25FN2O2S2. The van der Waals surface area contributed by atoms with Crippen LogP contribution in [0.3, 0.4) is 0 Å². The van der Waals surface area contributed by atoms with Gasteiger partial charge >= 0.3 is 0 Å². The summed E-state index contributed by atoms with van der Waals surface area (Å²) >= 11 is 2.87. The first kappa shape index (κ1) is 22.3. The molecule has 2 rings (SSSR count). The maximum atomic E-state index is 13.5. The van der Waals surface area contributed by atoms with Gasteiger partial charge in [0.25, 0.3) is 0 Å². The zero-order chi connectivity index (χ0) is 20.4. The van der Waals surface area contributed by atoms with E-state index >= 15 is 0 Å². The fourth-order valence-electron chi connectivity index (χ4n) is 2.30. The van der Waals surface area contributed by atoms with E-state index in [1.54, 1.807) is 30.8 Å². The van der Waals surface area contributed by atoms with Crippen LogP contribution in [0.5, 0.6) is 0 Å². The van der Waals surface area contributed by atoms with Crippen molar-refractivity contribution in [3.05, 3.63) is 65.5 Å². The number of rotatable bonds is 10. The number of hydrogen-bond acceptors (Lipinski definition) is 4. The van der Waals surface area contributed by atoms with Crippen LogP contribution in [-0.2, 0) is 15.3 Å². The Morgan fingerprint density at radius 3 is 2.54 bits per heavy atom. The molecule has 0 saturated heterocycles. The van der Waals surface area contributed by atoms with Crippen molar-refractivity contribution in [2.75, 3.05) is 23.4 Å². The third-order valence-corrected chi connectivity index (χ3v) is 6.08. The number of aryl methyl sites for hydroxylation is 1. The molecule has 4 nitrogen and oxygen atoms in total. The summed E-state index contributed by atoms with van der Waals surface area (Å²) in [6.45, 7) is 4.28. The average Bonchev–Trinajstić information content (AvgIpc) is 2.68. The molecule has 0 bridgehead atoms. The number of amides is 2. The zero-order valence-electron chi connectivity index (χ0n) is 16.0. The van der Waals surface area contributed by atoms with Gasteiger partial charge < -0.3 is 10.6 Å². The Kier molecular flexibility index (Phi) is 9.37. The van der Waals surface area contributed by atoms with Crippen molar-refractivity contribution in [1.82, 2.24) is 5.32 Å². The standard InChI is InChI=1S/C21H25FN2O2S2/c1-15-7-9-18(10-8-15)24-20(25)14-28-16(2)21(26)23-11-12-27-13-17-5-3-4-6-19(17)22/h3-10,16H,11-14H2,1-2H3,(H,23,26)(H,24,25). The number of carbonyl (C=O) groups is 2. The quantitative estimate of drug-likeness (QED) is 0.565. The zero-order valence-corrected chi connectivity index (χ0v) is 17.7. The third-order valence-electron chi connectivity index (χ3n) is 3.93. The molecule has 0 fully saturated rings. The van der Waals surface area contributed by atoms with Crippen LogP contribution in [0.2, 0.25) is 0 Å². The lowest BCUT2D eigenvalue weighted by Gasteiger charge is -2.12. The molecule has 0 radical (unpaired) electrons. The summed E-state index contributed by atoms with van der Waals surface area (Å²) in [6, 6.07) is 14.3. The largest absolute Gasteiger partial charge is 0.354 e. The summed E-state index contributed by atoms with van der Waals surface area (Å²) in [5.41, 5.74) is 2.55. The number of benzene rings is 2. The smallest absolute Gasteiger partial charge is 0.234 e. The summed E-state index contributed by atoms with van der Waals surface area (Å²) < 4.78 is 13.5. The van der Waals surface area contributed by atoms with E-state index in [9.17, 15) is 14.0 Å². The number of hydrogen-bond donors (Lipinski definition) is 2. The number of thioether (sulfide) groups is 2. The lowest BCUT2D eigenvalue weighted by molar-refractivity contribution is -0.120. The van der Waals surface area contributed by atoms with Gasteiger partial charge in [-0.05, 0) is 37.6 Å². The fourth-order valence-corrected chi connectivity index (χ4v) is 3.85. The van der Waals surface area contributed by atoms with E-state index in [-0.39, 0.29) is 28.6 Å². The van der Waals surface area contributed by atoms with Gasteiger partial charge in [0, 0.05) is 23.7 Å². The Morgan fingerprint density at radius 1 is 1.11 bits per heavy atom. The average molecular weight is 421 g/mol. The topological polar surface area (TPSA) is 58.2 Å². The minimum absolute atomic E-state index is 0.0976. The van der Waals surface area contributed by atoms with Gasteiger partial charge in [0.2, 0.25) is 11.8 Å². The highest BCUT2D eigenvalue weighted by Crippen LogP contribution is 2.15. The van der Waals surface area contributed by atoms with Crippen LogP contribution in [0, 0.1) is 12.7 Å². The predicted molar refractivity (Wildman–Crippen MR) is 117 cm³/mol. The van der Waals surface area contributed by atoms with E-state index in [1.165, 1.54) is 17.8 Å². The number of anilines is 1. The molecule has 7 heteroatoms. The van der Waals surface area contributed by atoms with E-state index < -0.39 is 0 Å². The monoisotopic (exact) mass is 420 g/mol. The van der Waals surface area contributed by atoms with E-state index in [0.29, 0.717) is 23.6 Å². The minimum atomic E-state index is -0.319. The second-order valence-electron chi connectivity index (χ2n) is 6.30. The highest BCUT2D eigenvalue weighted by Gasteiger charge is 2.15. The molecular weight excluding hydrogens is 395 g/mol. The van der Waals surface area contributed by atoms with Gasteiger partial charge in [-0.1, -0.05) is 35.9 Å². The van der Waals surface area contributed by atoms with Crippen LogP contribution in [0.15, 0.2) is 48.5 Å². The first-order valence-electron chi connectivity index (χ1n) is 9.02. The first-order chi connectivity index (χ1) is 13.5. The maximum absolute atomic E-state index is 13.5. The SMILES string of the molecule is Cc1ccc(NC(=O)CSC(C)C(=O)NCCSCc2ccccc2F)cc1. The molecule has 1 unspecified atom stereocenters. The van der Waals surface area contributed by atoms with Crippen molar-refractivity contribution in [2.45, 2.75) is 24.9 Å². The van der Waals surface area contributed by atoms with Gasteiger partial charge in [-0.25, -0.2) is 4.39 Å². The molecule has 2 N–H and O–H groups in total. The number of halogens is 1. The highest BCUT2D eigenvalue weighted by atomic mass is 32.2. The Hall–Kier alpha value is -1.99. The molecule has 0 aliphatic carbocycles. The maximum Gasteiger partial charge on any atom is 0.234 e. The molecule has 0 aliphatic heterocycles. The van der Waals surface area contributed by atoms with E-state index in [4.69, 9.17) is 0 Å². The Balaban J connectivity index is 1.59. The van der Waals surface area contributed by atoms with E-state index in [2.05, 4.69) is 10.6 Å². The van der Waals surface area contributed by atoms with Crippen LogP contribution >= 0.6 is 23.5 Å². The number of carbonyl (C=O) groups excluding carboxylic acids is 2. The highest BCUT2D eigenvalue weighted by molar-refractivity contribution is 8.01. The van der Waals surface area contributed by atoms with Crippen molar-refractivity contribution in [3.63, 3.8) is 0 Å². The summed E-state index contributed by atoms with van der Waals surface area (Å²) in [6.07, 6.45) is 0. The van der Waals surface area contributed by atoms with Gasteiger partial charge in [-0.15, -0.1) is 11.8 Å². The summed E-state index contributed by atoms with van der Waals surface area (Å²) in [5.74, 6) is 1.06. The van der Waals surface area contributed by atoms with Gasteiger partial charge in [0.05, 0.1) is 11.0 Å². The summed E-state index contributed by atoms with van der Waals surface area (Å²) in [4.78, 5) is 24.1. The van der Waals surface area contributed by atoms with Crippen LogP contribution in [-0.4, -0.2) is 35.1 Å². The van der Waals surface area contributed by atoms with Crippen LogP contribution < -0.4 is 10.6 Å². The van der Waals surface area contributed by atoms with Crippen molar-refractivity contribution in [1.29, 1.82) is 0 Å². The molecule has 0 aliphatic rings. The second kappa shape index (κ2) is 11.8. The fraction of sp³-hybridized carbons (Fsp3) is 0.333. The second-order valence-corrected chi connectivity index (χ2v) is 8.74. The molecule has 28 heavy (non-hydrogen) atoms. The normalized spacial score (nSPS) is 11.7. The van der Waals surface area contributed by atoms with Crippen LogP contribution in [0.4, 0.5) is 10.1 Å². The van der Waals surface area contributed by atoms with Crippen LogP contribution in [0.1, 0.15) is 18.1 Å². The van der Waals surface area contributed by atoms with Crippen molar-refractivity contribution >= 4 is 41.0 Å². The molecule has 150 valence electrons. The Morgan fingerprint density at radius 2 is 1.82 bits per heavy atom. The lowest BCUT2D eigenvalue weighted by atomic mass is 10.2. The van der Waals surface area contributed by atoms with Gasteiger partial charge in [0.15, 0.2) is 0 Å². The summed E-state index contributed by atoms with van der Waals surface area (Å²) in [7, 11) is 0. The lowest BCUT2D eigenvalue weighted by Crippen LogP contribution is -2.33. The van der Waals surface area contributed by atoms with Gasteiger partial charge in [-0.3, -0.25) is 9.59 Å². The molecule has 0 spiro atoms.